The summed E-state index contributed by atoms with van der Waals surface area (Å²) in [5.41, 5.74) is 0.439. The number of imidazole rings is 1. The fourth-order valence-electron chi connectivity index (χ4n) is 1.39. The molecule has 2 aromatic heterocycles. The summed E-state index contributed by atoms with van der Waals surface area (Å²) in [6.45, 7) is -2.48. The Balaban J connectivity index is 2.02. The minimum Gasteiger partial charge on any atom is -0.363 e. The van der Waals surface area contributed by atoms with E-state index >= 15 is 0 Å². The third-order valence-corrected chi connectivity index (χ3v) is 2.28. The molecular weight excluding hydrogens is 240 g/mol. The van der Waals surface area contributed by atoms with Crippen LogP contribution in [0.5, 0.6) is 0 Å². The van der Waals surface area contributed by atoms with Crippen molar-refractivity contribution in [3.05, 3.63) is 42.1 Å². The van der Waals surface area contributed by atoms with Crippen LogP contribution in [-0.4, -0.2) is 14.5 Å². The van der Waals surface area contributed by atoms with Crippen LogP contribution in [-0.2, 0) is 6.54 Å². The second-order valence-electron chi connectivity index (χ2n) is 3.43. The molecule has 0 spiro atoms. The van der Waals surface area contributed by atoms with Crippen LogP contribution in [0, 0.1) is 11.3 Å². The number of anilines is 1. The zero-order chi connectivity index (χ0) is 13.0. The predicted octanol–water partition coefficient (Wildman–Crippen LogP) is 2.16. The van der Waals surface area contributed by atoms with Crippen molar-refractivity contribution >= 4 is 5.82 Å². The van der Waals surface area contributed by atoms with Gasteiger partial charge in [-0.25, -0.2) is 9.97 Å². The molecule has 0 radical (unpaired) electrons. The number of pyridine rings is 1. The van der Waals surface area contributed by atoms with Gasteiger partial charge in [-0.15, -0.1) is 0 Å². The third kappa shape index (κ3) is 2.60. The zero-order valence-electron chi connectivity index (χ0n) is 9.22. The number of hydrogen-bond acceptors (Lipinski definition) is 4. The topological polar surface area (TPSA) is 66.5 Å². The average molecular weight is 249 g/mol. The predicted molar refractivity (Wildman–Crippen MR) is 59.8 cm³/mol. The van der Waals surface area contributed by atoms with Gasteiger partial charge in [-0.2, -0.15) is 14.0 Å². The van der Waals surface area contributed by atoms with E-state index in [1.165, 1.54) is 18.6 Å². The van der Waals surface area contributed by atoms with E-state index in [0.29, 0.717) is 11.4 Å². The van der Waals surface area contributed by atoms with Crippen LogP contribution < -0.4 is 5.32 Å². The lowest BCUT2D eigenvalue weighted by atomic mass is 10.3. The Morgan fingerprint density at radius 2 is 2.22 bits per heavy atom. The molecule has 0 bridgehead atoms. The summed E-state index contributed by atoms with van der Waals surface area (Å²) in [5.74, 6) is 0.717. The van der Waals surface area contributed by atoms with Crippen LogP contribution in [0.15, 0.2) is 30.7 Å². The fourth-order valence-corrected chi connectivity index (χ4v) is 1.39. The molecule has 0 fully saturated rings. The molecule has 7 heteroatoms. The zero-order valence-corrected chi connectivity index (χ0v) is 9.22. The number of nitrogens with zero attached hydrogens (tertiary/aromatic N) is 4. The summed E-state index contributed by atoms with van der Waals surface area (Å²) in [4.78, 5) is 7.79. The van der Waals surface area contributed by atoms with Crippen molar-refractivity contribution in [3.8, 4) is 6.07 Å². The van der Waals surface area contributed by atoms with Crippen molar-refractivity contribution in [2.24, 2.45) is 0 Å². The molecule has 0 saturated carbocycles. The molecule has 2 rings (SSSR count). The maximum Gasteiger partial charge on any atom is 0.319 e. The quantitative estimate of drug-likeness (QED) is 0.901. The van der Waals surface area contributed by atoms with Gasteiger partial charge in [-0.3, -0.25) is 4.57 Å². The van der Waals surface area contributed by atoms with Crippen molar-refractivity contribution in [3.63, 3.8) is 0 Å². The first kappa shape index (κ1) is 12.0. The molecule has 0 unspecified atom stereocenters. The molecule has 1 N–H and O–H groups in total. The van der Waals surface area contributed by atoms with E-state index in [1.54, 1.807) is 12.1 Å². The van der Waals surface area contributed by atoms with Crippen molar-refractivity contribution < 1.29 is 8.78 Å². The number of alkyl halides is 2. The van der Waals surface area contributed by atoms with Crippen LogP contribution in [0.2, 0.25) is 0 Å². The molecule has 92 valence electrons. The molecule has 0 aliphatic rings. The molecule has 5 nitrogen and oxygen atoms in total. The Labute approximate surface area is 102 Å². The van der Waals surface area contributed by atoms with Gasteiger partial charge in [-0.05, 0) is 12.1 Å². The lowest BCUT2D eigenvalue weighted by Crippen LogP contribution is -2.09. The van der Waals surface area contributed by atoms with Crippen molar-refractivity contribution in [1.29, 1.82) is 5.26 Å². The van der Waals surface area contributed by atoms with Crippen LogP contribution in [0.4, 0.5) is 14.6 Å². The maximum absolute atomic E-state index is 12.5. The molecule has 0 aliphatic carbocycles. The molecule has 0 saturated heterocycles. The largest absolute Gasteiger partial charge is 0.363 e. The Kier molecular flexibility index (Phi) is 3.48. The number of halogens is 2. The Morgan fingerprint density at radius 1 is 1.39 bits per heavy atom. The highest BCUT2D eigenvalue weighted by Crippen LogP contribution is 2.13. The number of nitrogens with one attached hydrogen (secondary N) is 1. The smallest absolute Gasteiger partial charge is 0.319 e. The highest BCUT2D eigenvalue weighted by molar-refractivity contribution is 5.38. The van der Waals surface area contributed by atoms with Gasteiger partial charge < -0.3 is 5.32 Å². The van der Waals surface area contributed by atoms with E-state index in [0.717, 1.165) is 4.57 Å². The molecule has 18 heavy (non-hydrogen) atoms. The summed E-state index contributed by atoms with van der Waals surface area (Å²) in [6.07, 6.45) is 3.94. The van der Waals surface area contributed by atoms with Crippen molar-refractivity contribution in [1.82, 2.24) is 14.5 Å². The van der Waals surface area contributed by atoms with Crippen LogP contribution in [0.3, 0.4) is 0 Å². The van der Waals surface area contributed by atoms with Crippen LogP contribution in [0.25, 0.3) is 0 Å². The van der Waals surface area contributed by atoms with Gasteiger partial charge in [0.2, 0.25) is 0 Å². The summed E-state index contributed by atoms with van der Waals surface area (Å²) >= 11 is 0. The van der Waals surface area contributed by atoms with Gasteiger partial charge in [0, 0.05) is 18.6 Å². The number of aromatic nitrogens is 3. The van der Waals surface area contributed by atoms with Gasteiger partial charge in [0.05, 0.1) is 12.1 Å². The first-order chi connectivity index (χ1) is 8.70. The lowest BCUT2D eigenvalue weighted by Gasteiger charge is -2.08. The minimum absolute atomic E-state index is 0.135. The van der Waals surface area contributed by atoms with Crippen LogP contribution >= 0.6 is 0 Å². The van der Waals surface area contributed by atoms with E-state index in [-0.39, 0.29) is 12.4 Å². The second-order valence-corrected chi connectivity index (χ2v) is 3.43. The summed E-state index contributed by atoms with van der Waals surface area (Å²) in [5, 5.41) is 11.5. The van der Waals surface area contributed by atoms with Gasteiger partial charge in [0.25, 0.3) is 0 Å². The summed E-state index contributed by atoms with van der Waals surface area (Å²) in [6, 6.07) is 5.14. The number of nitriles is 1. The minimum atomic E-state index is -2.61. The first-order valence-corrected chi connectivity index (χ1v) is 5.10. The highest BCUT2D eigenvalue weighted by atomic mass is 19.3. The van der Waals surface area contributed by atoms with E-state index in [4.69, 9.17) is 5.26 Å². The second kappa shape index (κ2) is 5.23. The number of hydrogen-bond donors (Lipinski definition) is 1. The van der Waals surface area contributed by atoms with E-state index in [9.17, 15) is 8.78 Å². The first-order valence-electron chi connectivity index (χ1n) is 5.10. The molecular formula is C11H9F2N5. The van der Waals surface area contributed by atoms with Gasteiger partial charge in [0.1, 0.15) is 17.7 Å². The average Bonchev–Trinajstić information content (AvgIpc) is 2.85. The maximum atomic E-state index is 12.5. The van der Waals surface area contributed by atoms with Crippen molar-refractivity contribution in [2.75, 3.05) is 5.32 Å². The molecule has 0 amide bonds. The van der Waals surface area contributed by atoms with Gasteiger partial charge >= 0.3 is 6.55 Å². The Morgan fingerprint density at radius 3 is 2.83 bits per heavy atom. The Hall–Kier alpha value is -2.49. The van der Waals surface area contributed by atoms with Gasteiger partial charge in [-0.1, -0.05) is 0 Å². The molecule has 0 aromatic carbocycles. The summed E-state index contributed by atoms with van der Waals surface area (Å²) in [7, 11) is 0. The van der Waals surface area contributed by atoms with Crippen molar-refractivity contribution in [2.45, 2.75) is 13.1 Å². The highest BCUT2D eigenvalue weighted by Gasteiger charge is 2.10. The standard InChI is InChI=1S/C11H9F2N5/c12-11(13)18-4-3-15-10(18)7-17-9-2-1-8(5-14)6-16-9/h1-4,6,11H,7H2,(H,16,17). The van der Waals surface area contributed by atoms with E-state index in [2.05, 4.69) is 15.3 Å². The van der Waals surface area contributed by atoms with E-state index < -0.39 is 6.55 Å². The normalized spacial score (nSPS) is 10.3. The molecule has 0 aliphatic heterocycles. The monoisotopic (exact) mass is 249 g/mol. The SMILES string of the molecule is N#Cc1ccc(NCc2nccn2C(F)F)nc1. The van der Waals surface area contributed by atoms with Gasteiger partial charge in [0.15, 0.2) is 0 Å². The molecule has 2 heterocycles. The third-order valence-electron chi connectivity index (χ3n) is 2.28. The molecule has 0 atom stereocenters. The number of rotatable bonds is 4. The Bertz CT molecular complexity index is 556. The fraction of sp³-hybridized carbons (Fsp3) is 0.182. The van der Waals surface area contributed by atoms with E-state index in [1.807, 2.05) is 6.07 Å². The van der Waals surface area contributed by atoms with Crippen LogP contribution in [0.1, 0.15) is 17.9 Å². The molecule has 2 aromatic rings. The summed E-state index contributed by atoms with van der Waals surface area (Å²) < 4.78 is 25.8. The lowest BCUT2D eigenvalue weighted by molar-refractivity contribution is 0.0673.